The van der Waals surface area contributed by atoms with E-state index in [0.717, 1.165) is 31.3 Å². The van der Waals surface area contributed by atoms with Crippen molar-refractivity contribution < 1.29 is 4.79 Å². The summed E-state index contributed by atoms with van der Waals surface area (Å²) in [5.74, 6) is 2.14. The molecule has 1 amide bonds. The normalized spacial score (nSPS) is 51.5. The van der Waals surface area contributed by atoms with Crippen LogP contribution in [0.2, 0.25) is 0 Å². The topological polar surface area (TPSA) is 20.3 Å². The van der Waals surface area contributed by atoms with Crippen LogP contribution in [0.25, 0.3) is 0 Å². The predicted molar refractivity (Wildman–Crippen MR) is 70.0 cm³/mol. The summed E-state index contributed by atoms with van der Waals surface area (Å²) in [5.41, 5.74) is 0.0357. The van der Waals surface area contributed by atoms with Crippen LogP contribution in [0.3, 0.4) is 0 Å². The highest BCUT2D eigenvalue weighted by Gasteiger charge is 2.60. The van der Waals surface area contributed by atoms with Crippen molar-refractivity contribution in [3.8, 4) is 0 Å². The van der Waals surface area contributed by atoms with Crippen molar-refractivity contribution >= 4 is 21.8 Å². The van der Waals surface area contributed by atoms with Crippen LogP contribution in [0.15, 0.2) is 0 Å². The second kappa shape index (κ2) is 3.28. The van der Waals surface area contributed by atoms with Crippen LogP contribution in [0, 0.1) is 17.3 Å². The summed E-state index contributed by atoms with van der Waals surface area (Å²) in [7, 11) is 0. The molecule has 0 aromatic carbocycles. The standard InChI is InChI=1S/C14H20BrNO/c15-14-7-10-4-11(8-14)6-13(5-10,9-14)12(17)16-2-1-3-16/h10-11H,1-9H2/t10-,11-,13?,14?/m1/s1. The summed E-state index contributed by atoms with van der Waals surface area (Å²) in [4.78, 5) is 14.8. The van der Waals surface area contributed by atoms with Crippen molar-refractivity contribution in [1.82, 2.24) is 4.90 Å². The Labute approximate surface area is 111 Å². The molecule has 0 N–H and O–H groups in total. The fourth-order valence-electron chi connectivity index (χ4n) is 5.26. The van der Waals surface area contributed by atoms with E-state index in [1.807, 2.05) is 0 Å². The fraction of sp³-hybridized carbons (Fsp3) is 0.929. The molecule has 5 aliphatic rings. The Hall–Kier alpha value is -0.0500. The van der Waals surface area contributed by atoms with Gasteiger partial charge in [-0.05, 0) is 56.8 Å². The number of hydrogen-bond acceptors (Lipinski definition) is 1. The highest BCUT2D eigenvalue weighted by Crippen LogP contribution is 2.64. The lowest BCUT2D eigenvalue weighted by molar-refractivity contribution is -0.159. The molecule has 0 aromatic rings. The molecule has 1 aliphatic heterocycles. The van der Waals surface area contributed by atoms with Crippen LogP contribution < -0.4 is 0 Å². The van der Waals surface area contributed by atoms with E-state index in [4.69, 9.17) is 0 Å². The first-order valence-electron chi connectivity index (χ1n) is 7.07. The molecule has 1 saturated heterocycles. The average Bonchev–Trinajstić information content (AvgIpc) is 2.10. The van der Waals surface area contributed by atoms with E-state index in [9.17, 15) is 4.79 Å². The Balaban J connectivity index is 1.66. The molecule has 5 rings (SSSR count). The molecule has 4 bridgehead atoms. The van der Waals surface area contributed by atoms with Gasteiger partial charge in [0.15, 0.2) is 0 Å². The molecule has 3 heteroatoms. The van der Waals surface area contributed by atoms with Crippen LogP contribution in [-0.2, 0) is 4.79 Å². The zero-order chi connectivity index (χ0) is 11.7. The Kier molecular flexibility index (Phi) is 2.09. The monoisotopic (exact) mass is 297 g/mol. The third-order valence-corrected chi connectivity index (χ3v) is 6.51. The van der Waals surface area contributed by atoms with Gasteiger partial charge >= 0.3 is 0 Å². The maximum Gasteiger partial charge on any atom is 0.228 e. The number of hydrogen-bond donors (Lipinski definition) is 0. The van der Waals surface area contributed by atoms with Gasteiger partial charge in [0.2, 0.25) is 5.91 Å². The molecule has 17 heavy (non-hydrogen) atoms. The minimum Gasteiger partial charge on any atom is -0.342 e. The molecule has 2 nitrogen and oxygen atoms in total. The quantitative estimate of drug-likeness (QED) is 0.682. The van der Waals surface area contributed by atoms with Crippen molar-refractivity contribution in [2.75, 3.05) is 13.1 Å². The van der Waals surface area contributed by atoms with Crippen molar-refractivity contribution in [2.45, 2.75) is 49.3 Å². The number of carbonyl (C=O) groups excluding carboxylic acids is 1. The summed E-state index contributed by atoms with van der Waals surface area (Å²) in [6.45, 7) is 2.04. The van der Waals surface area contributed by atoms with E-state index in [-0.39, 0.29) is 5.41 Å². The van der Waals surface area contributed by atoms with Gasteiger partial charge in [-0.15, -0.1) is 0 Å². The Morgan fingerprint density at radius 2 is 1.76 bits per heavy atom. The van der Waals surface area contributed by atoms with Gasteiger partial charge in [-0.2, -0.15) is 0 Å². The highest BCUT2D eigenvalue weighted by molar-refractivity contribution is 9.10. The summed E-state index contributed by atoms with van der Waals surface area (Å²) in [5, 5.41) is 0. The number of alkyl halides is 1. The number of amides is 1. The summed E-state index contributed by atoms with van der Waals surface area (Å²) >= 11 is 3.98. The molecular formula is C14H20BrNO. The maximum absolute atomic E-state index is 12.7. The van der Waals surface area contributed by atoms with Gasteiger partial charge in [-0.25, -0.2) is 0 Å². The van der Waals surface area contributed by atoms with Gasteiger partial charge < -0.3 is 4.90 Å². The summed E-state index contributed by atoms with van der Waals surface area (Å²) < 4.78 is 0.317. The molecule has 4 aliphatic carbocycles. The fourth-order valence-corrected chi connectivity index (χ4v) is 6.71. The Bertz CT molecular complexity index is 362. The van der Waals surface area contributed by atoms with Gasteiger partial charge in [-0.3, -0.25) is 4.79 Å². The number of halogens is 1. The summed E-state index contributed by atoms with van der Waals surface area (Å²) in [6.07, 6.45) is 8.73. The van der Waals surface area contributed by atoms with E-state index in [2.05, 4.69) is 20.8 Å². The molecule has 5 fully saturated rings. The number of rotatable bonds is 1. The minimum absolute atomic E-state index is 0.0357. The first-order chi connectivity index (χ1) is 8.09. The van der Waals surface area contributed by atoms with E-state index in [1.165, 1.54) is 38.5 Å². The van der Waals surface area contributed by atoms with E-state index in [0.29, 0.717) is 10.2 Å². The molecule has 0 spiro atoms. The molecule has 0 radical (unpaired) electrons. The van der Waals surface area contributed by atoms with Gasteiger partial charge in [0.1, 0.15) is 0 Å². The first-order valence-corrected chi connectivity index (χ1v) is 7.86. The maximum atomic E-state index is 12.7. The minimum atomic E-state index is 0.0357. The van der Waals surface area contributed by atoms with Crippen LogP contribution in [0.5, 0.6) is 0 Å². The molecule has 0 aromatic heterocycles. The zero-order valence-corrected chi connectivity index (χ0v) is 11.8. The van der Waals surface area contributed by atoms with Gasteiger partial charge in [0.05, 0.1) is 5.41 Å². The largest absolute Gasteiger partial charge is 0.342 e. The SMILES string of the molecule is O=C(N1CCC1)C12C[C@H]3C[C@@H](CC(Br)(C3)C1)C2. The van der Waals surface area contributed by atoms with Crippen LogP contribution in [0.4, 0.5) is 0 Å². The molecule has 2 atom stereocenters. The lowest BCUT2D eigenvalue weighted by Gasteiger charge is -2.60. The Morgan fingerprint density at radius 1 is 1.12 bits per heavy atom. The lowest BCUT2D eigenvalue weighted by atomic mass is 9.49. The smallest absolute Gasteiger partial charge is 0.228 e. The van der Waals surface area contributed by atoms with Crippen molar-refractivity contribution in [3.05, 3.63) is 0 Å². The third-order valence-electron chi connectivity index (χ3n) is 5.59. The van der Waals surface area contributed by atoms with Crippen molar-refractivity contribution in [2.24, 2.45) is 17.3 Å². The molecule has 1 heterocycles. The lowest BCUT2D eigenvalue weighted by Crippen LogP contribution is -2.60. The average molecular weight is 298 g/mol. The van der Waals surface area contributed by atoms with Crippen molar-refractivity contribution in [1.29, 1.82) is 0 Å². The third kappa shape index (κ3) is 1.47. The number of likely N-dealkylation sites (tertiary alicyclic amines) is 1. The number of carbonyl (C=O) groups is 1. The van der Waals surface area contributed by atoms with Crippen molar-refractivity contribution in [3.63, 3.8) is 0 Å². The van der Waals surface area contributed by atoms with Crippen LogP contribution in [-0.4, -0.2) is 28.2 Å². The van der Waals surface area contributed by atoms with Gasteiger partial charge in [0, 0.05) is 17.4 Å². The zero-order valence-electron chi connectivity index (χ0n) is 10.3. The number of nitrogens with zero attached hydrogens (tertiary/aromatic N) is 1. The van der Waals surface area contributed by atoms with E-state index >= 15 is 0 Å². The molecular weight excluding hydrogens is 278 g/mol. The van der Waals surface area contributed by atoms with E-state index in [1.54, 1.807) is 0 Å². The first kappa shape index (κ1) is 10.8. The van der Waals surface area contributed by atoms with Crippen LogP contribution in [0.1, 0.15) is 44.9 Å². The van der Waals surface area contributed by atoms with Crippen LogP contribution >= 0.6 is 15.9 Å². The Morgan fingerprint density at radius 3 is 2.24 bits per heavy atom. The van der Waals surface area contributed by atoms with Gasteiger partial charge in [0.25, 0.3) is 0 Å². The molecule has 4 saturated carbocycles. The predicted octanol–water partition coefficient (Wildman–Crippen LogP) is 2.95. The summed E-state index contributed by atoms with van der Waals surface area (Å²) in [6, 6.07) is 0. The van der Waals surface area contributed by atoms with E-state index < -0.39 is 0 Å². The highest BCUT2D eigenvalue weighted by atomic mass is 79.9. The second-order valence-electron chi connectivity index (χ2n) is 7.04. The molecule has 94 valence electrons. The second-order valence-corrected chi connectivity index (χ2v) is 8.72. The van der Waals surface area contributed by atoms with Gasteiger partial charge in [-0.1, -0.05) is 15.9 Å². The molecule has 0 unspecified atom stereocenters.